The predicted octanol–water partition coefficient (Wildman–Crippen LogP) is 1.87. The van der Waals surface area contributed by atoms with Gasteiger partial charge in [-0.05, 0) is 19.3 Å². The summed E-state index contributed by atoms with van der Waals surface area (Å²) in [5, 5.41) is 3.24. The van der Waals surface area contributed by atoms with E-state index in [4.69, 9.17) is 5.84 Å². The third-order valence-corrected chi connectivity index (χ3v) is 2.94. The third-order valence-electron chi connectivity index (χ3n) is 2.11. The quantitative estimate of drug-likeness (QED) is 0.580. The van der Waals surface area contributed by atoms with E-state index in [1.54, 1.807) is 11.3 Å². The van der Waals surface area contributed by atoms with Crippen LogP contribution in [-0.2, 0) is 6.42 Å². The number of nitrogens with one attached hydrogen (secondary N) is 1. The summed E-state index contributed by atoms with van der Waals surface area (Å²) < 4.78 is 0. The maximum atomic E-state index is 5.50. The fourth-order valence-corrected chi connectivity index (χ4v) is 2.16. The summed E-state index contributed by atoms with van der Waals surface area (Å²) in [6.07, 6.45) is 2.02. The van der Waals surface area contributed by atoms with Gasteiger partial charge in [-0.1, -0.05) is 13.8 Å². The first-order valence-corrected chi connectivity index (χ1v) is 5.87. The number of rotatable bonds is 5. The van der Waals surface area contributed by atoms with Gasteiger partial charge in [0.2, 0.25) is 0 Å². The molecule has 0 aliphatic rings. The zero-order valence-corrected chi connectivity index (χ0v) is 9.90. The molecular formula is C10H19N3S. The number of aryl methyl sites for hydroxylation is 1. The highest BCUT2D eigenvalue weighted by atomic mass is 32.1. The molecule has 0 radical (unpaired) electrons. The van der Waals surface area contributed by atoms with Crippen LogP contribution in [0.5, 0.6) is 0 Å². The lowest BCUT2D eigenvalue weighted by Crippen LogP contribution is -2.37. The molecule has 1 unspecified atom stereocenters. The molecule has 3 nitrogen and oxygen atoms in total. The van der Waals surface area contributed by atoms with Crippen molar-refractivity contribution in [2.24, 2.45) is 11.8 Å². The molecule has 80 valence electrons. The second kappa shape index (κ2) is 5.44. The number of thiazole rings is 1. The van der Waals surface area contributed by atoms with E-state index >= 15 is 0 Å². The van der Waals surface area contributed by atoms with E-state index in [-0.39, 0.29) is 0 Å². The number of hydrazine groups is 1. The van der Waals surface area contributed by atoms with Gasteiger partial charge in [0.1, 0.15) is 0 Å². The molecule has 1 rings (SSSR count). The minimum atomic E-state index is 0.344. The number of nitrogens with zero attached hydrogens (tertiary/aromatic N) is 1. The summed E-state index contributed by atoms with van der Waals surface area (Å²) >= 11 is 1.70. The Kier molecular flexibility index (Phi) is 4.51. The maximum Gasteiger partial charge on any atom is 0.0897 e. The number of hydrogen-bond acceptors (Lipinski definition) is 4. The van der Waals surface area contributed by atoms with Crippen molar-refractivity contribution in [1.29, 1.82) is 0 Å². The van der Waals surface area contributed by atoms with Gasteiger partial charge in [-0.2, -0.15) is 0 Å². The monoisotopic (exact) mass is 213 g/mol. The van der Waals surface area contributed by atoms with Gasteiger partial charge in [0.25, 0.3) is 0 Å². The Morgan fingerprint density at radius 2 is 2.29 bits per heavy atom. The first kappa shape index (κ1) is 11.6. The summed E-state index contributed by atoms with van der Waals surface area (Å²) in [5.41, 5.74) is 4.00. The second-order valence-electron chi connectivity index (χ2n) is 4.06. The van der Waals surface area contributed by atoms with E-state index in [1.807, 2.05) is 6.92 Å². The van der Waals surface area contributed by atoms with E-state index in [0.717, 1.165) is 23.5 Å². The lowest BCUT2D eigenvalue weighted by Gasteiger charge is -2.16. The van der Waals surface area contributed by atoms with Gasteiger partial charge < -0.3 is 0 Å². The molecule has 0 fully saturated rings. The lowest BCUT2D eigenvalue weighted by molar-refractivity contribution is 0.421. The third kappa shape index (κ3) is 3.74. The number of nitrogens with two attached hydrogens (primary N) is 1. The fraction of sp³-hybridized carbons (Fsp3) is 0.700. The smallest absolute Gasteiger partial charge is 0.0897 e. The Morgan fingerprint density at radius 1 is 1.57 bits per heavy atom. The van der Waals surface area contributed by atoms with Crippen LogP contribution in [0.1, 0.15) is 31.0 Å². The Labute approximate surface area is 89.7 Å². The Hall–Kier alpha value is -0.450. The molecule has 14 heavy (non-hydrogen) atoms. The largest absolute Gasteiger partial charge is 0.271 e. The Bertz CT molecular complexity index is 270. The molecule has 1 aromatic rings. The second-order valence-corrected chi connectivity index (χ2v) is 5.12. The van der Waals surface area contributed by atoms with Crippen molar-refractivity contribution in [2.45, 2.75) is 39.7 Å². The minimum Gasteiger partial charge on any atom is -0.271 e. The van der Waals surface area contributed by atoms with Crippen molar-refractivity contribution in [3.05, 3.63) is 16.1 Å². The molecule has 0 saturated carbocycles. The zero-order valence-electron chi connectivity index (χ0n) is 9.08. The van der Waals surface area contributed by atoms with Crippen molar-refractivity contribution in [2.75, 3.05) is 0 Å². The van der Waals surface area contributed by atoms with Gasteiger partial charge in [0, 0.05) is 17.8 Å². The zero-order chi connectivity index (χ0) is 10.6. The molecule has 0 aliphatic heterocycles. The SMILES string of the molecule is Cc1nc(CC(CC(C)C)NN)cs1. The molecule has 0 aliphatic carbocycles. The van der Waals surface area contributed by atoms with Crippen LogP contribution >= 0.6 is 11.3 Å². The average Bonchev–Trinajstić information content (AvgIpc) is 2.49. The molecular weight excluding hydrogens is 194 g/mol. The van der Waals surface area contributed by atoms with Crippen molar-refractivity contribution >= 4 is 11.3 Å². The van der Waals surface area contributed by atoms with Crippen molar-refractivity contribution in [1.82, 2.24) is 10.4 Å². The van der Waals surface area contributed by atoms with Gasteiger partial charge >= 0.3 is 0 Å². The highest BCUT2D eigenvalue weighted by molar-refractivity contribution is 7.09. The highest BCUT2D eigenvalue weighted by Crippen LogP contribution is 2.13. The summed E-state index contributed by atoms with van der Waals surface area (Å²) in [5.74, 6) is 6.16. The molecule has 1 atom stereocenters. The maximum absolute atomic E-state index is 5.50. The lowest BCUT2D eigenvalue weighted by atomic mass is 10.0. The van der Waals surface area contributed by atoms with E-state index in [2.05, 4.69) is 29.6 Å². The molecule has 0 spiro atoms. The van der Waals surface area contributed by atoms with Gasteiger partial charge in [-0.3, -0.25) is 11.3 Å². The standard InChI is InChI=1S/C10H19N3S/c1-7(2)4-9(13-11)5-10-6-14-8(3)12-10/h6-7,9,13H,4-5,11H2,1-3H3. The number of hydrogen-bond donors (Lipinski definition) is 2. The Morgan fingerprint density at radius 3 is 2.71 bits per heavy atom. The van der Waals surface area contributed by atoms with Crippen LogP contribution in [0.4, 0.5) is 0 Å². The van der Waals surface area contributed by atoms with Crippen LogP contribution in [-0.4, -0.2) is 11.0 Å². The molecule has 0 aromatic carbocycles. The summed E-state index contributed by atoms with van der Waals surface area (Å²) in [6.45, 7) is 6.44. The highest BCUT2D eigenvalue weighted by Gasteiger charge is 2.11. The predicted molar refractivity (Wildman–Crippen MR) is 61.1 cm³/mol. The van der Waals surface area contributed by atoms with Crippen LogP contribution in [0.3, 0.4) is 0 Å². The summed E-state index contributed by atoms with van der Waals surface area (Å²) in [6, 6.07) is 0.344. The van der Waals surface area contributed by atoms with Crippen molar-refractivity contribution < 1.29 is 0 Å². The summed E-state index contributed by atoms with van der Waals surface area (Å²) in [7, 11) is 0. The molecule has 1 heterocycles. The first-order chi connectivity index (χ1) is 6.61. The topological polar surface area (TPSA) is 50.9 Å². The van der Waals surface area contributed by atoms with Crippen LogP contribution in [0.25, 0.3) is 0 Å². The van der Waals surface area contributed by atoms with E-state index in [0.29, 0.717) is 12.0 Å². The average molecular weight is 213 g/mol. The molecule has 0 saturated heterocycles. The van der Waals surface area contributed by atoms with E-state index < -0.39 is 0 Å². The van der Waals surface area contributed by atoms with Crippen molar-refractivity contribution in [3.63, 3.8) is 0 Å². The van der Waals surface area contributed by atoms with Gasteiger partial charge in [-0.15, -0.1) is 11.3 Å². The van der Waals surface area contributed by atoms with E-state index in [9.17, 15) is 0 Å². The Balaban J connectivity index is 2.48. The van der Waals surface area contributed by atoms with E-state index in [1.165, 1.54) is 0 Å². The van der Waals surface area contributed by atoms with Crippen LogP contribution in [0, 0.1) is 12.8 Å². The molecule has 0 amide bonds. The molecule has 3 N–H and O–H groups in total. The normalized spacial score (nSPS) is 13.5. The molecule has 1 aromatic heterocycles. The summed E-state index contributed by atoms with van der Waals surface area (Å²) in [4.78, 5) is 4.43. The first-order valence-electron chi connectivity index (χ1n) is 4.99. The van der Waals surface area contributed by atoms with Gasteiger partial charge in [0.05, 0.1) is 10.7 Å². The minimum absolute atomic E-state index is 0.344. The number of aromatic nitrogens is 1. The molecule has 0 bridgehead atoms. The van der Waals surface area contributed by atoms with Crippen LogP contribution in [0.15, 0.2) is 5.38 Å². The fourth-order valence-electron chi connectivity index (χ4n) is 1.53. The van der Waals surface area contributed by atoms with Crippen LogP contribution in [0.2, 0.25) is 0 Å². The molecule has 4 heteroatoms. The van der Waals surface area contributed by atoms with Crippen molar-refractivity contribution in [3.8, 4) is 0 Å². The van der Waals surface area contributed by atoms with Gasteiger partial charge in [-0.25, -0.2) is 4.98 Å². The van der Waals surface area contributed by atoms with Crippen LogP contribution < -0.4 is 11.3 Å². The van der Waals surface area contributed by atoms with Gasteiger partial charge in [0.15, 0.2) is 0 Å².